The summed E-state index contributed by atoms with van der Waals surface area (Å²) < 4.78 is 136. The summed E-state index contributed by atoms with van der Waals surface area (Å²) in [6.45, 7) is 1.35. The molecule has 0 fully saturated rings. The monoisotopic (exact) mass is 1250 g/mol. The topological polar surface area (TPSA) is 502 Å². The minimum absolute atomic E-state index is 0.0320. The highest BCUT2D eigenvalue weighted by Gasteiger charge is 2.34. The van der Waals surface area contributed by atoms with Crippen LogP contribution in [0, 0.1) is 0 Å². The Labute approximate surface area is 475 Å². The molecular weight excluding hydrogens is 1200 g/mol. The molecule has 0 spiro atoms. The molecule has 0 aliphatic rings. The number of methoxy groups -OCH3 is 6. The lowest BCUT2D eigenvalue weighted by molar-refractivity contribution is 0.0683. The third kappa shape index (κ3) is 16.9. The number of carbonyl (C=O) groups excluding carboxylic acids is 3. The van der Waals surface area contributed by atoms with Gasteiger partial charge in [0.25, 0.3) is 20.0 Å². The van der Waals surface area contributed by atoms with Crippen molar-refractivity contribution >= 4 is 93.4 Å². The number of hydrogen-bond acceptors (Lipinski definition) is 27. The van der Waals surface area contributed by atoms with Crippen LogP contribution in [0.3, 0.4) is 0 Å². The Morgan fingerprint density at radius 1 is 0.524 bits per heavy atom. The summed E-state index contributed by atoms with van der Waals surface area (Å²) in [5.74, 6) is -4.29. The van der Waals surface area contributed by atoms with E-state index < -0.39 is 96.3 Å². The number of imidazole rings is 1. The van der Waals surface area contributed by atoms with Crippen LogP contribution in [0.2, 0.25) is 0 Å². The molecule has 0 aliphatic carbocycles. The number of rotatable bonds is 20. The van der Waals surface area contributed by atoms with Crippen LogP contribution in [0.25, 0.3) is 5.65 Å². The third-order valence-corrected chi connectivity index (χ3v) is 15.8. The lowest BCUT2D eigenvalue weighted by Crippen LogP contribution is -2.36. The Balaban J connectivity index is 0.000000232. The zero-order valence-electron chi connectivity index (χ0n) is 44.6. The summed E-state index contributed by atoms with van der Waals surface area (Å²) in [7, 11) is -8.21. The van der Waals surface area contributed by atoms with Crippen LogP contribution >= 0.6 is 0 Å². The second kappa shape index (κ2) is 27.4. The standard InChI is InChI=1S/C16H18N6O7S2.C15H16N4O7S.C12H14N6O7S/c1-4-30(24,25)13-14(22-8-6-5-7-10(22)17-13)31(26,27)21-16(23)20-15-18-11(28-2)9-12(19-15)29-3;1-25-11-7-12(26-2)17-14(16-11)18-15(22)19-27(23,24)8-9-5-3-4-6-10(9)13(20)21;1-18-9(6(5-13-18)10(19)20)26(22,23)17-12(21)16-11-14-7(24-2)4-8(15-11)25-3/h5-9H,4H2,1-3H3,(H2,18,19,20,21,23);3-7H,8H2,1-2H3,(H,20,21)(H2,16,17,18,19,22);4-5H,1-3H3,(H,19,20)(H2,14,15,16,17,21). The molecule has 0 aliphatic heterocycles. The predicted octanol–water partition coefficient (Wildman–Crippen LogP) is 0.725. The minimum atomic E-state index is -4.68. The molecule has 7 rings (SSSR count). The zero-order valence-corrected chi connectivity index (χ0v) is 47.9. The minimum Gasteiger partial charge on any atom is -0.481 e. The molecule has 0 atom stereocenters. The smallest absolute Gasteiger partial charge is 0.340 e. The van der Waals surface area contributed by atoms with E-state index in [1.165, 1.54) is 117 Å². The Hall–Kier alpha value is -10.3. The highest BCUT2D eigenvalue weighted by atomic mass is 32.2. The maximum atomic E-state index is 13.0. The number of sulfone groups is 1. The normalized spacial score (nSPS) is 11.2. The first-order valence-electron chi connectivity index (χ1n) is 22.7. The Kier molecular flexibility index (Phi) is 21.1. The van der Waals surface area contributed by atoms with E-state index >= 15 is 0 Å². The average Bonchev–Trinajstić information content (AvgIpc) is 3.02. The van der Waals surface area contributed by atoms with E-state index in [2.05, 4.69) is 55.9 Å². The van der Waals surface area contributed by atoms with Crippen molar-refractivity contribution in [1.29, 1.82) is 0 Å². The molecule has 8 N–H and O–H groups in total. The Morgan fingerprint density at radius 2 is 0.917 bits per heavy atom. The predicted molar refractivity (Wildman–Crippen MR) is 285 cm³/mol. The maximum absolute atomic E-state index is 13.0. The van der Waals surface area contributed by atoms with Crippen LogP contribution in [-0.2, 0) is 52.7 Å². The molecule has 450 valence electrons. The van der Waals surface area contributed by atoms with E-state index in [0.29, 0.717) is 0 Å². The maximum Gasteiger partial charge on any atom is 0.340 e. The van der Waals surface area contributed by atoms with Crippen LogP contribution in [0.15, 0.2) is 88.1 Å². The van der Waals surface area contributed by atoms with E-state index in [4.69, 9.17) is 38.6 Å². The molecule has 41 heteroatoms. The van der Waals surface area contributed by atoms with Gasteiger partial charge in [-0.15, -0.1) is 0 Å². The quantitative estimate of drug-likeness (QED) is 0.0521. The highest BCUT2D eigenvalue weighted by Crippen LogP contribution is 2.25. The van der Waals surface area contributed by atoms with Gasteiger partial charge in [-0.05, 0) is 23.8 Å². The average molecular weight is 1250 g/mol. The van der Waals surface area contributed by atoms with Crippen molar-refractivity contribution < 1.29 is 96.3 Å². The van der Waals surface area contributed by atoms with Crippen LogP contribution < -0.4 is 58.5 Å². The SMILES string of the molecule is CCS(=O)(=O)c1nc2ccccn2c1S(=O)(=O)NC(=O)Nc1nc(OC)cc(OC)n1.COc1cc(OC)nc(NC(=O)NS(=O)(=O)Cc2ccccc2C(=O)O)n1.COc1cc(OC)nc(NC(=O)NS(=O)(=O)c2c(C(=O)O)cnn2C)n1. The molecule has 37 nitrogen and oxygen atoms in total. The second-order valence-electron chi connectivity index (χ2n) is 15.6. The first-order chi connectivity index (χ1) is 39.5. The molecule has 0 radical (unpaired) electrons. The molecule has 0 unspecified atom stereocenters. The van der Waals surface area contributed by atoms with Gasteiger partial charge in [-0.3, -0.25) is 25.0 Å². The van der Waals surface area contributed by atoms with Gasteiger partial charge < -0.3 is 38.6 Å². The largest absolute Gasteiger partial charge is 0.481 e. The number of carboxylic acid groups (broad SMARTS) is 2. The van der Waals surface area contributed by atoms with Crippen molar-refractivity contribution in [2.75, 3.05) is 64.4 Å². The van der Waals surface area contributed by atoms with E-state index in [9.17, 15) is 57.6 Å². The van der Waals surface area contributed by atoms with Crippen molar-refractivity contribution in [1.82, 2.24) is 63.2 Å². The molecule has 0 saturated heterocycles. The summed E-state index contributed by atoms with van der Waals surface area (Å²) in [5.41, 5.74) is -0.656. The summed E-state index contributed by atoms with van der Waals surface area (Å²) >= 11 is 0. The van der Waals surface area contributed by atoms with Gasteiger partial charge in [0.15, 0.2) is 24.9 Å². The number of aromatic carboxylic acids is 2. The summed E-state index contributed by atoms with van der Waals surface area (Å²) in [6, 6.07) is 10.5. The van der Waals surface area contributed by atoms with Gasteiger partial charge in [0.1, 0.15) is 11.2 Å². The van der Waals surface area contributed by atoms with Gasteiger partial charge in [-0.25, -0.2) is 60.0 Å². The lowest BCUT2D eigenvalue weighted by Gasteiger charge is -2.10. The summed E-state index contributed by atoms with van der Waals surface area (Å²) in [6.07, 6.45) is 2.17. The van der Waals surface area contributed by atoms with Crippen molar-refractivity contribution in [2.45, 2.75) is 27.8 Å². The first-order valence-corrected chi connectivity index (χ1v) is 29.0. The van der Waals surface area contributed by atoms with Gasteiger partial charge in [0.05, 0.1) is 84.1 Å². The van der Waals surface area contributed by atoms with Crippen molar-refractivity contribution in [3.63, 3.8) is 0 Å². The number of carbonyl (C=O) groups is 5. The third-order valence-electron chi connectivity index (χ3n) is 10.0. The fourth-order valence-corrected chi connectivity index (χ4v) is 11.3. The van der Waals surface area contributed by atoms with Crippen molar-refractivity contribution in [2.24, 2.45) is 7.05 Å². The van der Waals surface area contributed by atoms with Crippen LogP contribution in [0.1, 0.15) is 33.2 Å². The number of anilines is 3. The summed E-state index contributed by atoms with van der Waals surface area (Å²) in [4.78, 5) is 85.5. The lowest BCUT2D eigenvalue weighted by atomic mass is 10.1. The number of urea groups is 3. The fraction of sp³-hybridized carbons (Fsp3) is 0.233. The fourth-order valence-electron chi connectivity index (χ4n) is 6.39. The molecule has 84 heavy (non-hydrogen) atoms. The van der Waals surface area contributed by atoms with Crippen LogP contribution in [0.4, 0.5) is 32.2 Å². The molecule has 6 heterocycles. The molecule has 1 aromatic carbocycles. The Morgan fingerprint density at radius 3 is 1.32 bits per heavy atom. The summed E-state index contributed by atoms with van der Waals surface area (Å²) in [5, 5.41) is 26.0. The number of nitrogens with zero attached hydrogens (tertiary/aromatic N) is 10. The number of benzene rings is 1. The van der Waals surface area contributed by atoms with Gasteiger partial charge in [-0.1, -0.05) is 31.2 Å². The van der Waals surface area contributed by atoms with Gasteiger partial charge in [0, 0.05) is 13.2 Å². The van der Waals surface area contributed by atoms with Gasteiger partial charge in [-0.2, -0.15) is 51.8 Å². The van der Waals surface area contributed by atoms with E-state index in [1.807, 2.05) is 0 Å². The Bertz CT molecular complexity index is 4020. The number of fused-ring (bicyclic) bond motifs is 1. The molecule has 6 aromatic heterocycles. The number of nitrogens with one attached hydrogen (secondary N) is 6. The van der Waals surface area contributed by atoms with E-state index in [-0.39, 0.29) is 75.7 Å². The second-order valence-corrected chi connectivity index (χ2v) is 22.7. The van der Waals surface area contributed by atoms with Crippen LogP contribution in [0.5, 0.6) is 35.3 Å². The first kappa shape index (κ1) is 64.5. The van der Waals surface area contributed by atoms with Crippen molar-refractivity contribution in [3.8, 4) is 35.3 Å². The van der Waals surface area contributed by atoms with Crippen LogP contribution in [-0.4, -0.2) is 171 Å². The molecule has 6 amide bonds. The molecular formula is C43H48N16O21S4. The number of ether oxygens (including phenoxy) is 6. The number of carboxylic acids is 2. The number of pyridine rings is 1. The van der Waals surface area contributed by atoms with Gasteiger partial charge in [0.2, 0.25) is 63.1 Å². The molecule has 0 bridgehead atoms. The molecule has 0 saturated carbocycles. The number of aromatic nitrogens is 10. The van der Waals surface area contributed by atoms with Crippen molar-refractivity contribution in [3.05, 3.63) is 89.7 Å². The van der Waals surface area contributed by atoms with E-state index in [1.54, 1.807) is 20.2 Å². The number of aryl methyl sites for hydroxylation is 1. The number of sulfonamides is 3. The number of hydrogen-bond donors (Lipinski definition) is 8. The van der Waals surface area contributed by atoms with Gasteiger partial charge >= 0.3 is 30.0 Å². The number of amides is 6. The highest BCUT2D eigenvalue weighted by molar-refractivity contribution is 7.93. The van der Waals surface area contributed by atoms with E-state index in [0.717, 1.165) is 15.3 Å². The molecule has 7 aromatic rings. The zero-order chi connectivity index (χ0) is 62.3.